The van der Waals surface area contributed by atoms with Gasteiger partial charge in [-0.05, 0) is 18.2 Å². The molecule has 15 heavy (non-hydrogen) atoms. The van der Waals surface area contributed by atoms with Gasteiger partial charge in [-0.15, -0.1) is 0 Å². The van der Waals surface area contributed by atoms with E-state index in [-0.39, 0.29) is 5.69 Å². The van der Waals surface area contributed by atoms with Gasteiger partial charge in [0.05, 0.1) is 0 Å². The van der Waals surface area contributed by atoms with Gasteiger partial charge in [0.2, 0.25) is 0 Å². The Hall–Kier alpha value is -1.97. The van der Waals surface area contributed by atoms with Crippen molar-refractivity contribution in [2.75, 3.05) is 0 Å². The molecule has 2 heterocycles. The Morgan fingerprint density at radius 2 is 2.00 bits per heavy atom. The monoisotopic (exact) mass is 201 g/mol. The second kappa shape index (κ2) is 4.50. The largest absolute Gasteiger partial charge is 0.347 e. The first kappa shape index (κ1) is 9.58. The Kier molecular flexibility index (Phi) is 2.88. The topological polar surface area (TPSA) is 47.8 Å². The van der Waals surface area contributed by atoms with Crippen molar-refractivity contribution in [3.8, 4) is 0 Å². The van der Waals surface area contributed by atoms with E-state index in [1.165, 1.54) is 6.20 Å². The highest BCUT2D eigenvalue weighted by Crippen LogP contribution is 1.95. The fourth-order valence-electron chi connectivity index (χ4n) is 1.34. The highest BCUT2D eigenvalue weighted by atomic mass is 16.1. The zero-order chi connectivity index (χ0) is 10.5. The summed E-state index contributed by atoms with van der Waals surface area (Å²) >= 11 is 0. The van der Waals surface area contributed by atoms with Gasteiger partial charge in [0.1, 0.15) is 0 Å². The maximum Gasteiger partial charge on any atom is 0.347 e. The lowest BCUT2D eigenvalue weighted by atomic mass is 10.3. The van der Waals surface area contributed by atoms with Crippen molar-refractivity contribution < 1.29 is 0 Å². The molecule has 0 saturated heterocycles. The predicted molar refractivity (Wildman–Crippen MR) is 56.4 cm³/mol. The van der Waals surface area contributed by atoms with E-state index in [2.05, 4.69) is 9.97 Å². The van der Waals surface area contributed by atoms with Crippen LogP contribution in [0.4, 0.5) is 0 Å². The minimum Gasteiger partial charge on any atom is -0.299 e. The van der Waals surface area contributed by atoms with E-state index in [4.69, 9.17) is 0 Å². The quantitative estimate of drug-likeness (QED) is 0.740. The summed E-state index contributed by atoms with van der Waals surface area (Å²) in [4.78, 5) is 19.1. The van der Waals surface area contributed by atoms with Gasteiger partial charge in [-0.2, -0.15) is 0 Å². The summed E-state index contributed by atoms with van der Waals surface area (Å²) < 4.78 is 1.58. The summed E-state index contributed by atoms with van der Waals surface area (Å²) in [5.41, 5.74) is 0.765. The zero-order valence-electron chi connectivity index (χ0n) is 8.21. The van der Waals surface area contributed by atoms with Crippen LogP contribution in [0.15, 0.2) is 47.7 Å². The number of pyridine rings is 1. The number of aryl methyl sites for hydroxylation is 2. The molecule has 2 aromatic rings. The highest BCUT2D eigenvalue weighted by molar-refractivity contribution is 5.03. The van der Waals surface area contributed by atoms with Crippen molar-refractivity contribution in [1.82, 2.24) is 14.5 Å². The minimum absolute atomic E-state index is 0.214. The first-order valence-corrected chi connectivity index (χ1v) is 4.77. The van der Waals surface area contributed by atoms with Crippen molar-refractivity contribution in [3.63, 3.8) is 0 Å². The molecule has 0 aliphatic carbocycles. The second-order valence-electron chi connectivity index (χ2n) is 3.17. The fraction of sp³-hybridized carbons (Fsp3) is 0.182. The van der Waals surface area contributed by atoms with Crippen molar-refractivity contribution in [2.24, 2.45) is 0 Å². The van der Waals surface area contributed by atoms with Crippen LogP contribution < -0.4 is 5.69 Å². The maximum absolute atomic E-state index is 11.3. The molecule has 0 radical (unpaired) electrons. The van der Waals surface area contributed by atoms with Gasteiger partial charge >= 0.3 is 5.69 Å². The van der Waals surface area contributed by atoms with Gasteiger partial charge in [0, 0.05) is 37.3 Å². The SMILES string of the molecule is O=c1ncccn1CCc1ccccn1. The molecule has 0 amide bonds. The lowest BCUT2D eigenvalue weighted by Gasteiger charge is -2.02. The first-order chi connectivity index (χ1) is 7.36. The van der Waals surface area contributed by atoms with E-state index in [0.29, 0.717) is 6.54 Å². The molecule has 0 aliphatic heterocycles. The van der Waals surface area contributed by atoms with Crippen LogP contribution in [0, 0.1) is 0 Å². The Balaban J connectivity index is 2.06. The van der Waals surface area contributed by atoms with Crippen LogP contribution in [-0.4, -0.2) is 14.5 Å². The molecule has 0 spiro atoms. The lowest BCUT2D eigenvalue weighted by Crippen LogP contribution is -2.22. The van der Waals surface area contributed by atoms with E-state index in [9.17, 15) is 4.79 Å². The summed E-state index contributed by atoms with van der Waals surface area (Å²) in [5, 5.41) is 0. The van der Waals surface area contributed by atoms with Crippen LogP contribution in [-0.2, 0) is 13.0 Å². The summed E-state index contributed by atoms with van der Waals surface area (Å²) in [6.45, 7) is 0.615. The number of hydrogen-bond donors (Lipinski definition) is 0. The molecule has 0 aliphatic rings. The smallest absolute Gasteiger partial charge is 0.299 e. The van der Waals surface area contributed by atoms with Crippen molar-refractivity contribution in [1.29, 1.82) is 0 Å². The molecule has 4 heteroatoms. The normalized spacial score (nSPS) is 10.1. The second-order valence-corrected chi connectivity index (χ2v) is 3.17. The molecular weight excluding hydrogens is 190 g/mol. The Labute approximate surface area is 87.2 Å². The molecule has 0 saturated carbocycles. The third-order valence-corrected chi connectivity index (χ3v) is 2.12. The summed E-state index contributed by atoms with van der Waals surface area (Å²) in [5.74, 6) is 0. The van der Waals surface area contributed by atoms with Gasteiger partial charge in [-0.1, -0.05) is 6.07 Å². The average Bonchev–Trinajstić information content (AvgIpc) is 2.29. The van der Waals surface area contributed by atoms with E-state index in [1.54, 1.807) is 23.0 Å². The molecule has 0 atom stereocenters. The van der Waals surface area contributed by atoms with E-state index in [1.807, 2.05) is 18.2 Å². The number of nitrogens with zero attached hydrogens (tertiary/aromatic N) is 3. The van der Waals surface area contributed by atoms with Crippen LogP contribution in [0.2, 0.25) is 0 Å². The molecule has 2 rings (SSSR count). The van der Waals surface area contributed by atoms with Crippen LogP contribution in [0.5, 0.6) is 0 Å². The van der Waals surface area contributed by atoms with Crippen molar-refractivity contribution in [3.05, 3.63) is 59.0 Å². The third-order valence-electron chi connectivity index (χ3n) is 2.12. The fourth-order valence-corrected chi connectivity index (χ4v) is 1.34. The maximum atomic E-state index is 11.3. The van der Waals surface area contributed by atoms with Gasteiger partial charge in [-0.25, -0.2) is 9.78 Å². The average molecular weight is 201 g/mol. The number of rotatable bonds is 3. The van der Waals surface area contributed by atoms with Crippen molar-refractivity contribution >= 4 is 0 Å². The number of hydrogen-bond acceptors (Lipinski definition) is 3. The van der Waals surface area contributed by atoms with Crippen LogP contribution in [0.1, 0.15) is 5.69 Å². The van der Waals surface area contributed by atoms with E-state index < -0.39 is 0 Å². The third kappa shape index (κ3) is 2.49. The van der Waals surface area contributed by atoms with E-state index in [0.717, 1.165) is 12.1 Å². The Morgan fingerprint density at radius 1 is 1.13 bits per heavy atom. The molecule has 76 valence electrons. The predicted octanol–water partition coefficient (Wildman–Crippen LogP) is 0.881. The van der Waals surface area contributed by atoms with Gasteiger partial charge in [0.15, 0.2) is 0 Å². The summed E-state index contributed by atoms with van der Waals surface area (Å²) in [6.07, 6.45) is 5.73. The van der Waals surface area contributed by atoms with Gasteiger partial charge < -0.3 is 0 Å². The van der Waals surface area contributed by atoms with Crippen LogP contribution in [0.3, 0.4) is 0 Å². The molecule has 4 nitrogen and oxygen atoms in total. The van der Waals surface area contributed by atoms with Gasteiger partial charge in [-0.3, -0.25) is 9.55 Å². The minimum atomic E-state index is -0.214. The van der Waals surface area contributed by atoms with Crippen LogP contribution in [0.25, 0.3) is 0 Å². The van der Waals surface area contributed by atoms with E-state index >= 15 is 0 Å². The Morgan fingerprint density at radius 3 is 2.73 bits per heavy atom. The number of aromatic nitrogens is 3. The molecule has 0 aromatic carbocycles. The highest BCUT2D eigenvalue weighted by Gasteiger charge is 1.96. The Bertz CT molecular complexity index is 478. The summed E-state index contributed by atoms with van der Waals surface area (Å²) in [6, 6.07) is 7.51. The molecule has 2 aromatic heterocycles. The molecule has 0 N–H and O–H groups in total. The van der Waals surface area contributed by atoms with Crippen LogP contribution >= 0.6 is 0 Å². The zero-order valence-corrected chi connectivity index (χ0v) is 8.21. The molecule has 0 bridgehead atoms. The lowest BCUT2D eigenvalue weighted by molar-refractivity contribution is 0.641. The standard InChI is InChI=1S/C11H11N3O/c15-11-13-7-3-8-14(11)9-5-10-4-1-2-6-12-10/h1-4,6-8H,5,9H2. The molecular formula is C11H11N3O. The molecule has 0 unspecified atom stereocenters. The van der Waals surface area contributed by atoms with Crippen molar-refractivity contribution in [2.45, 2.75) is 13.0 Å². The van der Waals surface area contributed by atoms with Gasteiger partial charge in [0.25, 0.3) is 0 Å². The molecule has 0 fully saturated rings. The first-order valence-electron chi connectivity index (χ1n) is 4.77. The summed E-state index contributed by atoms with van der Waals surface area (Å²) in [7, 11) is 0.